The van der Waals surface area contributed by atoms with Gasteiger partial charge in [0.15, 0.2) is 0 Å². The van der Waals surface area contributed by atoms with Crippen molar-refractivity contribution in [3.8, 4) is 0 Å². The summed E-state index contributed by atoms with van der Waals surface area (Å²) in [7, 11) is 0. The highest BCUT2D eigenvalue weighted by Crippen LogP contribution is 2.19. The van der Waals surface area contributed by atoms with E-state index in [1.165, 1.54) is 0 Å². The van der Waals surface area contributed by atoms with Gasteiger partial charge in [0.2, 0.25) is 0 Å². The lowest BCUT2D eigenvalue weighted by molar-refractivity contribution is -0.0253. The average molecular weight is 432 g/mol. The Morgan fingerprint density at radius 2 is 1.87 bits per heavy atom. The molecule has 1 unspecified atom stereocenters. The standard InChI is InChI=1S/C11H14I2O2/c1-8(10(14)11(12)13)15-7-9-5-3-2-4-6-9/h2-6,8,10-11,14H,7H2,1H3/t8-,10?/m0/s1. The smallest absolute Gasteiger partial charge is 0.101 e. The molecule has 0 aromatic heterocycles. The highest BCUT2D eigenvalue weighted by molar-refractivity contribution is 14.2. The highest BCUT2D eigenvalue weighted by atomic mass is 127. The maximum Gasteiger partial charge on any atom is 0.101 e. The highest BCUT2D eigenvalue weighted by Gasteiger charge is 2.20. The largest absolute Gasteiger partial charge is 0.389 e. The molecule has 1 aromatic rings. The Morgan fingerprint density at radius 1 is 1.27 bits per heavy atom. The van der Waals surface area contributed by atoms with Crippen molar-refractivity contribution in [1.82, 2.24) is 0 Å². The second-order valence-electron chi connectivity index (χ2n) is 3.33. The second kappa shape index (κ2) is 7.03. The molecule has 2 atom stereocenters. The predicted molar refractivity (Wildman–Crippen MR) is 78.5 cm³/mol. The number of aliphatic hydroxyl groups is 1. The lowest BCUT2D eigenvalue weighted by atomic mass is 10.2. The van der Waals surface area contributed by atoms with Crippen molar-refractivity contribution in [3.63, 3.8) is 0 Å². The number of aliphatic hydroxyl groups excluding tert-OH is 1. The normalized spacial score (nSPS) is 15.3. The van der Waals surface area contributed by atoms with E-state index in [1.807, 2.05) is 37.3 Å². The van der Waals surface area contributed by atoms with Crippen LogP contribution in [0.5, 0.6) is 0 Å². The number of benzene rings is 1. The monoisotopic (exact) mass is 432 g/mol. The van der Waals surface area contributed by atoms with Crippen molar-refractivity contribution in [2.24, 2.45) is 0 Å². The van der Waals surface area contributed by atoms with E-state index in [0.29, 0.717) is 6.61 Å². The van der Waals surface area contributed by atoms with Crippen molar-refractivity contribution in [2.75, 3.05) is 0 Å². The third-order valence-electron chi connectivity index (χ3n) is 2.09. The van der Waals surface area contributed by atoms with Crippen LogP contribution in [0.15, 0.2) is 30.3 Å². The number of alkyl halides is 2. The molecular weight excluding hydrogens is 418 g/mol. The van der Waals surface area contributed by atoms with Gasteiger partial charge in [0.05, 0.1) is 14.6 Å². The molecule has 0 saturated heterocycles. The van der Waals surface area contributed by atoms with Gasteiger partial charge in [0.25, 0.3) is 0 Å². The Labute approximate surface area is 118 Å². The van der Waals surface area contributed by atoms with Crippen LogP contribution >= 0.6 is 45.2 Å². The Kier molecular flexibility index (Phi) is 6.40. The zero-order valence-electron chi connectivity index (χ0n) is 8.44. The molecule has 1 aromatic carbocycles. The molecule has 0 saturated carbocycles. The Balaban J connectivity index is 2.37. The summed E-state index contributed by atoms with van der Waals surface area (Å²) in [4.78, 5) is 0. The van der Waals surface area contributed by atoms with Crippen LogP contribution in [0.1, 0.15) is 12.5 Å². The quantitative estimate of drug-likeness (QED) is 0.573. The van der Waals surface area contributed by atoms with Crippen LogP contribution in [0.25, 0.3) is 0 Å². The van der Waals surface area contributed by atoms with Crippen LogP contribution in [0.3, 0.4) is 0 Å². The van der Waals surface area contributed by atoms with E-state index in [9.17, 15) is 5.11 Å². The van der Waals surface area contributed by atoms with Gasteiger partial charge in [-0.15, -0.1) is 0 Å². The molecule has 0 aliphatic carbocycles. The van der Waals surface area contributed by atoms with E-state index in [2.05, 4.69) is 45.2 Å². The number of hydrogen-bond acceptors (Lipinski definition) is 2. The van der Waals surface area contributed by atoms with Gasteiger partial charge in [0, 0.05) is 0 Å². The maximum absolute atomic E-state index is 9.73. The van der Waals surface area contributed by atoms with Crippen molar-refractivity contribution in [1.29, 1.82) is 0 Å². The molecule has 0 radical (unpaired) electrons. The first kappa shape index (κ1) is 13.7. The molecule has 0 aliphatic heterocycles. The second-order valence-corrected chi connectivity index (χ2v) is 8.39. The van der Waals surface area contributed by atoms with Crippen LogP contribution in [-0.4, -0.2) is 19.2 Å². The number of rotatable bonds is 5. The van der Waals surface area contributed by atoms with Crippen LogP contribution in [0, 0.1) is 0 Å². The Bertz CT molecular complexity index is 277. The zero-order chi connectivity index (χ0) is 11.3. The van der Waals surface area contributed by atoms with Crippen molar-refractivity contribution >= 4 is 45.2 Å². The van der Waals surface area contributed by atoms with Crippen molar-refractivity contribution < 1.29 is 9.84 Å². The lowest BCUT2D eigenvalue weighted by Gasteiger charge is -2.20. The summed E-state index contributed by atoms with van der Waals surface area (Å²) in [6, 6.07) is 9.99. The van der Waals surface area contributed by atoms with Gasteiger partial charge >= 0.3 is 0 Å². The van der Waals surface area contributed by atoms with Gasteiger partial charge in [-0.25, -0.2) is 0 Å². The van der Waals surface area contributed by atoms with Crippen molar-refractivity contribution in [3.05, 3.63) is 35.9 Å². The van der Waals surface area contributed by atoms with E-state index in [1.54, 1.807) is 0 Å². The number of hydrogen-bond donors (Lipinski definition) is 1. The minimum absolute atomic E-state index is 0.135. The third kappa shape index (κ3) is 4.97. The first-order chi connectivity index (χ1) is 7.11. The molecule has 0 heterocycles. The van der Waals surface area contributed by atoms with Gasteiger partial charge in [-0.2, -0.15) is 0 Å². The van der Waals surface area contributed by atoms with Crippen molar-refractivity contribution in [2.45, 2.75) is 27.7 Å². The lowest BCUT2D eigenvalue weighted by Crippen LogP contribution is -2.30. The molecular formula is C11H14I2O2. The van der Waals surface area contributed by atoms with Crippen LogP contribution in [0.4, 0.5) is 0 Å². The summed E-state index contributed by atoms with van der Waals surface area (Å²) < 4.78 is 5.76. The fourth-order valence-electron chi connectivity index (χ4n) is 1.11. The van der Waals surface area contributed by atoms with Gasteiger partial charge in [0.1, 0.15) is 6.10 Å². The summed E-state index contributed by atoms with van der Waals surface area (Å²) in [5.41, 5.74) is 1.13. The third-order valence-corrected chi connectivity index (χ3v) is 3.57. The van der Waals surface area contributed by atoms with Gasteiger partial charge < -0.3 is 9.84 Å². The van der Waals surface area contributed by atoms with Crippen LogP contribution in [0.2, 0.25) is 0 Å². The number of ether oxygens (including phenoxy) is 1. The number of halogens is 2. The Hall–Kier alpha value is 0.600. The van der Waals surface area contributed by atoms with Crippen LogP contribution < -0.4 is 0 Å². The molecule has 2 nitrogen and oxygen atoms in total. The molecule has 84 valence electrons. The predicted octanol–water partition coefficient (Wildman–Crippen LogP) is 3.15. The summed E-state index contributed by atoms with van der Waals surface area (Å²) >= 11 is 4.39. The molecule has 1 N–H and O–H groups in total. The first-order valence-corrected chi connectivity index (χ1v) is 7.22. The summed E-state index contributed by atoms with van der Waals surface area (Å²) in [5, 5.41) is 9.73. The fourth-order valence-corrected chi connectivity index (χ4v) is 2.27. The van der Waals surface area contributed by atoms with Gasteiger partial charge in [-0.3, -0.25) is 0 Å². The SMILES string of the molecule is C[C@H](OCc1ccccc1)C(O)C(I)I. The molecule has 0 amide bonds. The molecule has 0 fully saturated rings. The van der Waals surface area contributed by atoms with E-state index < -0.39 is 6.10 Å². The molecule has 0 spiro atoms. The molecule has 4 heteroatoms. The Morgan fingerprint density at radius 3 is 2.40 bits per heavy atom. The fraction of sp³-hybridized carbons (Fsp3) is 0.455. The summed E-state index contributed by atoms with van der Waals surface area (Å²) in [5.74, 6) is 0. The molecule has 15 heavy (non-hydrogen) atoms. The summed E-state index contributed by atoms with van der Waals surface area (Å²) in [6.45, 7) is 2.46. The minimum atomic E-state index is -0.421. The molecule has 0 bridgehead atoms. The topological polar surface area (TPSA) is 29.5 Å². The van der Waals surface area contributed by atoms with E-state index in [4.69, 9.17) is 4.74 Å². The van der Waals surface area contributed by atoms with Gasteiger partial charge in [-0.05, 0) is 12.5 Å². The van der Waals surface area contributed by atoms with E-state index >= 15 is 0 Å². The summed E-state index contributed by atoms with van der Waals surface area (Å²) in [6.07, 6.45) is -0.557. The van der Waals surface area contributed by atoms with Crippen LogP contribution in [-0.2, 0) is 11.3 Å². The first-order valence-electron chi connectivity index (χ1n) is 4.73. The minimum Gasteiger partial charge on any atom is -0.389 e. The molecule has 1 rings (SSSR count). The average Bonchev–Trinajstić information content (AvgIpc) is 2.26. The van der Waals surface area contributed by atoms with Gasteiger partial charge in [-0.1, -0.05) is 75.5 Å². The molecule has 0 aliphatic rings. The van der Waals surface area contributed by atoms with E-state index in [-0.39, 0.29) is 8.04 Å². The zero-order valence-corrected chi connectivity index (χ0v) is 12.8. The van der Waals surface area contributed by atoms with E-state index in [0.717, 1.165) is 5.56 Å². The maximum atomic E-state index is 9.73.